The molecular formula is C24H27FN4O5S. The van der Waals surface area contributed by atoms with Crippen LogP contribution in [0.3, 0.4) is 0 Å². The van der Waals surface area contributed by atoms with Crippen molar-refractivity contribution in [1.82, 2.24) is 9.97 Å². The molecule has 2 aliphatic heterocycles. The number of aromatic nitrogens is 2. The van der Waals surface area contributed by atoms with E-state index in [2.05, 4.69) is 19.6 Å². The average molecular weight is 503 g/mol. The number of aryl methyl sites for hydroxylation is 1. The lowest BCUT2D eigenvalue weighted by atomic mass is 10.1. The minimum absolute atomic E-state index is 0.176. The van der Waals surface area contributed by atoms with Gasteiger partial charge in [0.15, 0.2) is 6.10 Å². The van der Waals surface area contributed by atoms with E-state index in [9.17, 15) is 13.7 Å². The van der Waals surface area contributed by atoms with Gasteiger partial charge in [0.25, 0.3) is 0 Å². The predicted molar refractivity (Wildman–Crippen MR) is 131 cm³/mol. The number of aliphatic hydroxyl groups excluding tert-OH is 1. The van der Waals surface area contributed by atoms with Gasteiger partial charge < -0.3 is 24.6 Å². The second-order valence-electron chi connectivity index (χ2n) is 8.80. The number of nitrogens with one attached hydrogen (secondary N) is 1. The number of anilines is 2. The van der Waals surface area contributed by atoms with Crippen LogP contribution in [0.25, 0.3) is 10.9 Å². The van der Waals surface area contributed by atoms with E-state index in [1.54, 1.807) is 18.4 Å². The van der Waals surface area contributed by atoms with Gasteiger partial charge in [-0.25, -0.2) is 18.6 Å². The molecule has 9 nitrogen and oxygen atoms in total. The first kappa shape index (κ1) is 23.9. The van der Waals surface area contributed by atoms with Crippen molar-refractivity contribution in [2.24, 2.45) is 4.36 Å². The van der Waals surface area contributed by atoms with Crippen molar-refractivity contribution >= 4 is 37.8 Å². The highest BCUT2D eigenvalue weighted by atomic mass is 32.2. The second kappa shape index (κ2) is 9.30. The topological polar surface area (TPSA) is 115 Å². The van der Waals surface area contributed by atoms with Crippen molar-refractivity contribution < 1.29 is 27.9 Å². The fourth-order valence-electron chi connectivity index (χ4n) is 4.34. The summed E-state index contributed by atoms with van der Waals surface area (Å²) in [5.41, 5.74) is 2.58. The van der Waals surface area contributed by atoms with Crippen molar-refractivity contribution in [3.8, 4) is 5.75 Å². The van der Waals surface area contributed by atoms with E-state index in [-0.39, 0.29) is 19.0 Å². The van der Waals surface area contributed by atoms with Crippen molar-refractivity contribution in [3.05, 3.63) is 48.0 Å². The highest BCUT2D eigenvalue weighted by molar-refractivity contribution is 7.93. The van der Waals surface area contributed by atoms with E-state index >= 15 is 0 Å². The third-order valence-corrected chi connectivity index (χ3v) is 7.88. The van der Waals surface area contributed by atoms with Crippen molar-refractivity contribution in [1.29, 1.82) is 0 Å². The molecule has 5 rings (SSSR count). The molecule has 2 N–H and O–H groups in total. The molecule has 3 heterocycles. The molecule has 1 aromatic heterocycles. The summed E-state index contributed by atoms with van der Waals surface area (Å²) in [5, 5.41) is 14.0. The number of hydrogen-bond donors (Lipinski definition) is 2. The molecule has 186 valence electrons. The van der Waals surface area contributed by atoms with Gasteiger partial charge in [0.05, 0.1) is 30.1 Å². The van der Waals surface area contributed by atoms with Crippen LogP contribution in [-0.2, 0) is 19.2 Å². The Labute approximate surface area is 202 Å². The van der Waals surface area contributed by atoms with Crippen molar-refractivity contribution in [3.63, 3.8) is 0 Å². The zero-order valence-corrected chi connectivity index (χ0v) is 20.4. The first-order chi connectivity index (χ1) is 16.7. The molecule has 0 radical (unpaired) electrons. The zero-order chi connectivity index (χ0) is 24.7. The summed E-state index contributed by atoms with van der Waals surface area (Å²) in [5.74, 6) is 0.777. The van der Waals surface area contributed by atoms with Gasteiger partial charge >= 0.3 is 0 Å². The Hall–Kier alpha value is -2.86. The van der Waals surface area contributed by atoms with E-state index in [1.165, 1.54) is 18.5 Å². The Morgan fingerprint density at radius 2 is 2.03 bits per heavy atom. The molecule has 0 amide bonds. The lowest BCUT2D eigenvalue weighted by Gasteiger charge is -2.21. The molecule has 0 saturated carbocycles. The summed E-state index contributed by atoms with van der Waals surface area (Å²) in [6.45, 7) is 4.14. The Morgan fingerprint density at radius 3 is 2.83 bits per heavy atom. The standard InChI is InChI=1S/C24H27FN4O5S/c1-4-35(3,31)29-15-7-13(2)21-17(9-15)26-12-27-24(21)28-16-6-5-14(25)8-19(16)34-20-11-33-22-18(30)10-32-23(20)22/h5-9,12,18,20,22-23,30H,4,10-11H2,1-3H3,(H,26,27,28)/t18-,20-,22-,23-,35?/m1/s1. The summed E-state index contributed by atoms with van der Waals surface area (Å²) in [6, 6.07) is 7.81. The van der Waals surface area contributed by atoms with Gasteiger partial charge in [0.1, 0.15) is 42.0 Å². The molecule has 1 unspecified atom stereocenters. The van der Waals surface area contributed by atoms with Crippen molar-refractivity contribution in [2.75, 3.05) is 30.5 Å². The lowest BCUT2D eigenvalue weighted by molar-refractivity contribution is 0.00871. The van der Waals surface area contributed by atoms with Crippen LogP contribution in [-0.4, -0.2) is 68.9 Å². The highest BCUT2D eigenvalue weighted by Crippen LogP contribution is 2.36. The van der Waals surface area contributed by atoms with Crippen molar-refractivity contribution in [2.45, 2.75) is 38.3 Å². The van der Waals surface area contributed by atoms with E-state index in [4.69, 9.17) is 14.2 Å². The van der Waals surface area contributed by atoms with Crippen LogP contribution in [0.1, 0.15) is 12.5 Å². The molecule has 11 heteroatoms. The molecule has 0 aliphatic carbocycles. The second-order valence-corrected chi connectivity index (χ2v) is 11.5. The number of benzene rings is 2. The van der Waals surface area contributed by atoms with Crippen LogP contribution >= 0.6 is 0 Å². The molecule has 35 heavy (non-hydrogen) atoms. The molecule has 0 bridgehead atoms. The van der Waals surface area contributed by atoms with Gasteiger partial charge in [-0.1, -0.05) is 6.92 Å². The Kier molecular flexibility index (Phi) is 6.34. The largest absolute Gasteiger partial charge is 0.483 e. The molecule has 2 aromatic carbocycles. The van der Waals surface area contributed by atoms with E-state index in [1.807, 2.05) is 19.9 Å². The predicted octanol–water partition coefficient (Wildman–Crippen LogP) is 3.48. The van der Waals surface area contributed by atoms with Gasteiger partial charge in [0, 0.05) is 33.2 Å². The summed E-state index contributed by atoms with van der Waals surface area (Å²) in [6.07, 6.45) is 0.972. The number of ether oxygens (including phenoxy) is 3. The van der Waals surface area contributed by atoms with E-state index in [0.717, 1.165) is 10.9 Å². The van der Waals surface area contributed by atoms with Crippen LogP contribution in [0.2, 0.25) is 0 Å². The van der Waals surface area contributed by atoms with Gasteiger partial charge in [0.2, 0.25) is 0 Å². The monoisotopic (exact) mass is 502 g/mol. The normalized spacial score (nSPS) is 25.3. The minimum atomic E-state index is -2.32. The maximum absolute atomic E-state index is 14.1. The maximum Gasteiger partial charge on any atom is 0.151 e. The summed E-state index contributed by atoms with van der Waals surface area (Å²) >= 11 is 0. The van der Waals surface area contributed by atoms with Gasteiger partial charge in [-0.3, -0.25) is 0 Å². The third kappa shape index (κ3) is 4.81. The molecule has 2 fully saturated rings. The van der Waals surface area contributed by atoms with E-state index < -0.39 is 40.0 Å². The fraction of sp³-hybridized carbons (Fsp3) is 0.417. The third-order valence-electron chi connectivity index (χ3n) is 6.21. The highest BCUT2D eigenvalue weighted by Gasteiger charge is 2.48. The first-order valence-electron chi connectivity index (χ1n) is 11.3. The number of halogens is 1. The maximum atomic E-state index is 14.1. The van der Waals surface area contributed by atoms with Crippen LogP contribution in [0, 0.1) is 12.7 Å². The number of fused-ring (bicyclic) bond motifs is 2. The quantitative estimate of drug-likeness (QED) is 0.527. The van der Waals surface area contributed by atoms with E-state index in [0.29, 0.717) is 28.5 Å². The zero-order valence-electron chi connectivity index (χ0n) is 19.6. The van der Waals surface area contributed by atoms with Gasteiger partial charge in [-0.15, -0.1) is 0 Å². The lowest BCUT2D eigenvalue weighted by Crippen LogP contribution is -2.34. The molecule has 2 saturated heterocycles. The molecular weight excluding hydrogens is 475 g/mol. The number of rotatable bonds is 6. The number of hydrogen-bond acceptors (Lipinski definition) is 9. The number of nitrogens with zero attached hydrogens (tertiary/aromatic N) is 3. The first-order valence-corrected chi connectivity index (χ1v) is 13.4. The molecule has 5 atom stereocenters. The SMILES string of the molecule is CCS(C)(=O)=Nc1cc(C)c2c(Nc3ccc(F)cc3O[C@@H]3CO[C@H]4[C@@H]3OC[C@H]4O)ncnc2c1. The summed E-state index contributed by atoms with van der Waals surface area (Å²) in [7, 11) is -2.32. The average Bonchev–Trinajstić information content (AvgIpc) is 3.38. The Balaban J connectivity index is 1.48. The van der Waals surface area contributed by atoms with Crippen LogP contribution in [0.5, 0.6) is 5.75 Å². The Morgan fingerprint density at radius 1 is 1.23 bits per heavy atom. The van der Waals surface area contributed by atoms with Crippen LogP contribution < -0.4 is 10.1 Å². The van der Waals surface area contributed by atoms with Crippen LogP contribution in [0.4, 0.5) is 21.6 Å². The van der Waals surface area contributed by atoms with Gasteiger partial charge in [-0.2, -0.15) is 4.36 Å². The molecule has 0 spiro atoms. The van der Waals surface area contributed by atoms with Crippen LogP contribution in [0.15, 0.2) is 41.0 Å². The molecule has 2 aliphatic rings. The number of aliphatic hydroxyl groups is 1. The minimum Gasteiger partial charge on any atom is -0.483 e. The smallest absolute Gasteiger partial charge is 0.151 e. The summed E-state index contributed by atoms with van der Waals surface area (Å²) < 4.78 is 48.4. The molecule has 3 aromatic rings. The Bertz CT molecular complexity index is 1390. The fourth-order valence-corrected chi connectivity index (χ4v) is 5.02. The summed E-state index contributed by atoms with van der Waals surface area (Å²) in [4.78, 5) is 8.77. The van der Waals surface area contributed by atoms with Gasteiger partial charge in [-0.05, 0) is 36.8 Å².